The Bertz CT molecular complexity index is 880. The molecule has 5 rings (SSSR count). The Morgan fingerprint density at radius 2 is 1.70 bits per heavy atom. The quantitative estimate of drug-likeness (QED) is 0.623. The van der Waals surface area contributed by atoms with Gasteiger partial charge in [-0.3, -0.25) is 0 Å². The van der Waals surface area contributed by atoms with E-state index in [1.54, 1.807) is 11.1 Å². The van der Waals surface area contributed by atoms with Crippen molar-refractivity contribution in [2.75, 3.05) is 5.32 Å². The summed E-state index contributed by atoms with van der Waals surface area (Å²) >= 11 is 0. The minimum absolute atomic E-state index is 0.621. The van der Waals surface area contributed by atoms with Gasteiger partial charge < -0.3 is 5.32 Å². The van der Waals surface area contributed by atoms with Crippen LogP contribution in [0.25, 0.3) is 11.1 Å². The molecule has 0 spiro atoms. The van der Waals surface area contributed by atoms with Crippen molar-refractivity contribution in [3.8, 4) is 11.1 Å². The predicted octanol–water partition coefficient (Wildman–Crippen LogP) is 5.88. The van der Waals surface area contributed by atoms with Crippen LogP contribution >= 0.6 is 0 Å². The van der Waals surface area contributed by atoms with Crippen LogP contribution in [0, 0.1) is 0 Å². The van der Waals surface area contributed by atoms with Crippen LogP contribution in [-0.2, 0) is 6.42 Å². The second-order valence-corrected chi connectivity index (χ2v) is 6.62. The summed E-state index contributed by atoms with van der Waals surface area (Å²) in [6.45, 7) is 0. The number of fused-ring (bicyclic) bond motifs is 3. The lowest BCUT2D eigenvalue weighted by atomic mass is 9.82. The van der Waals surface area contributed by atoms with Crippen molar-refractivity contribution >= 4 is 11.4 Å². The van der Waals surface area contributed by atoms with Crippen LogP contribution in [0.15, 0.2) is 66.7 Å². The van der Waals surface area contributed by atoms with Gasteiger partial charge in [-0.2, -0.15) is 0 Å². The molecule has 1 unspecified atom stereocenters. The molecule has 23 heavy (non-hydrogen) atoms. The Balaban J connectivity index is 1.61. The highest BCUT2D eigenvalue weighted by molar-refractivity contribution is 5.83. The average Bonchev–Trinajstić information content (AvgIpc) is 2.92. The first-order valence-corrected chi connectivity index (χ1v) is 8.48. The minimum Gasteiger partial charge on any atom is -0.356 e. The van der Waals surface area contributed by atoms with Gasteiger partial charge in [-0.1, -0.05) is 42.5 Å². The van der Waals surface area contributed by atoms with E-state index in [-0.39, 0.29) is 0 Å². The van der Waals surface area contributed by atoms with E-state index in [4.69, 9.17) is 0 Å². The normalized spacial score (nSPS) is 17.5. The molecule has 1 N–H and O–H groups in total. The maximum absolute atomic E-state index is 3.53. The number of hydrogen-bond acceptors (Lipinski definition) is 1. The van der Waals surface area contributed by atoms with Crippen LogP contribution in [0.2, 0.25) is 0 Å². The Kier molecular flexibility index (Phi) is 2.81. The standard InChI is InChI=1S/C22H19N/c1-2-8-16(9-3-1)23-17-12-13-18-19-10-4-6-15-7-5-11-20(22(15)19)21(18)14-17/h1-3,5,7-9,11-14,19,23H,4,6,10H2. The first kappa shape index (κ1) is 13.0. The van der Waals surface area contributed by atoms with Crippen LogP contribution in [0.1, 0.15) is 35.4 Å². The number of nitrogens with one attached hydrogen (secondary N) is 1. The van der Waals surface area contributed by atoms with E-state index in [0.29, 0.717) is 5.92 Å². The molecule has 0 fully saturated rings. The number of hydrogen-bond donors (Lipinski definition) is 1. The fraction of sp³-hybridized carbons (Fsp3) is 0.182. The predicted molar refractivity (Wildman–Crippen MR) is 96.4 cm³/mol. The Morgan fingerprint density at radius 1 is 0.783 bits per heavy atom. The highest BCUT2D eigenvalue weighted by Gasteiger charge is 2.32. The van der Waals surface area contributed by atoms with E-state index in [2.05, 4.69) is 66.0 Å². The maximum atomic E-state index is 3.53. The fourth-order valence-electron chi connectivity index (χ4n) is 4.29. The molecule has 1 atom stereocenters. The van der Waals surface area contributed by atoms with Gasteiger partial charge in [0.05, 0.1) is 0 Å². The van der Waals surface area contributed by atoms with Gasteiger partial charge in [0.15, 0.2) is 0 Å². The third-order valence-electron chi connectivity index (χ3n) is 5.27. The summed E-state index contributed by atoms with van der Waals surface area (Å²) in [6, 6.07) is 24.1. The van der Waals surface area contributed by atoms with Crippen molar-refractivity contribution in [3.05, 3.63) is 83.4 Å². The molecule has 2 aliphatic carbocycles. The van der Waals surface area contributed by atoms with Gasteiger partial charge in [0, 0.05) is 17.3 Å². The SMILES string of the molecule is c1ccc(Nc2ccc3c(c2)-c2cccc4c2C3CCC4)cc1. The number of benzene rings is 3. The molecule has 0 aliphatic heterocycles. The Hall–Kier alpha value is -2.54. The van der Waals surface area contributed by atoms with E-state index in [0.717, 1.165) is 5.69 Å². The molecular formula is C22H19N. The topological polar surface area (TPSA) is 12.0 Å². The van der Waals surface area contributed by atoms with Crippen molar-refractivity contribution in [2.24, 2.45) is 0 Å². The van der Waals surface area contributed by atoms with E-state index in [9.17, 15) is 0 Å². The molecule has 0 amide bonds. The molecule has 0 bridgehead atoms. The first-order chi connectivity index (χ1) is 11.4. The lowest BCUT2D eigenvalue weighted by Gasteiger charge is -2.22. The van der Waals surface area contributed by atoms with E-state index >= 15 is 0 Å². The highest BCUT2D eigenvalue weighted by Crippen LogP contribution is 2.51. The molecule has 0 radical (unpaired) electrons. The third-order valence-corrected chi connectivity index (χ3v) is 5.27. The van der Waals surface area contributed by atoms with Crippen molar-refractivity contribution in [1.29, 1.82) is 0 Å². The molecule has 0 saturated heterocycles. The van der Waals surface area contributed by atoms with Crippen LogP contribution in [0.4, 0.5) is 11.4 Å². The zero-order valence-electron chi connectivity index (χ0n) is 13.0. The summed E-state index contributed by atoms with van der Waals surface area (Å²) in [6.07, 6.45) is 3.84. The molecule has 0 aromatic heterocycles. The monoisotopic (exact) mass is 297 g/mol. The Labute approximate surface area is 137 Å². The summed E-state index contributed by atoms with van der Waals surface area (Å²) in [5, 5.41) is 3.53. The molecule has 3 aromatic carbocycles. The van der Waals surface area contributed by atoms with Gasteiger partial charge in [0.1, 0.15) is 0 Å². The van der Waals surface area contributed by atoms with Gasteiger partial charge in [-0.15, -0.1) is 0 Å². The fourth-order valence-corrected chi connectivity index (χ4v) is 4.29. The van der Waals surface area contributed by atoms with Crippen LogP contribution in [0.5, 0.6) is 0 Å². The summed E-state index contributed by atoms with van der Waals surface area (Å²) in [4.78, 5) is 0. The van der Waals surface area contributed by atoms with Crippen molar-refractivity contribution < 1.29 is 0 Å². The summed E-state index contributed by atoms with van der Waals surface area (Å²) in [5.74, 6) is 0.621. The van der Waals surface area contributed by atoms with Gasteiger partial charge in [-0.25, -0.2) is 0 Å². The second kappa shape index (κ2) is 4.99. The van der Waals surface area contributed by atoms with Crippen LogP contribution in [-0.4, -0.2) is 0 Å². The summed E-state index contributed by atoms with van der Waals surface area (Å²) < 4.78 is 0. The van der Waals surface area contributed by atoms with Gasteiger partial charge in [0.2, 0.25) is 0 Å². The number of aryl methyl sites for hydroxylation is 1. The highest BCUT2D eigenvalue weighted by atomic mass is 14.9. The molecule has 1 heteroatoms. The molecular weight excluding hydrogens is 278 g/mol. The van der Waals surface area contributed by atoms with Crippen LogP contribution < -0.4 is 5.32 Å². The molecule has 0 saturated carbocycles. The van der Waals surface area contributed by atoms with Crippen LogP contribution in [0.3, 0.4) is 0 Å². The maximum Gasteiger partial charge on any atom is 0.0390 e. The van der Waals surface area contributed by atoms with E-state index < -0.39 is 0 Å². The third kappa shape index (κ3) is 2.00. The van der Waals surface area contributed by atoms with E-state index in [1.807, 2.05) is 6.07 Å². The second-order valence-electron chi connectivity index (χ2n) is 6.62. The minimum atomic E-state index is 0.621. The molecule has 112 valence electrons. The molecule has 2 aliphatic rings. The Morgan fingerprint density at radius 3 is 2.61 bits per heavy atom. The van der Waals surface area contributed by atoms with Gasteiger partial charge in [0.25, 0.3) is 0 Å². The largest absolute Gasteiger partial charge is 0.356 e. The zero-order chi connectivity index (χ0) is 15.2. The van der Waals surface area contributed by atoms with Gasteiger partial charge >= 0.3 is 0 Å². The molecule has 0 heterocycles. The average molecular weight is 297 g/mol. The first-order valence-electron chi connectivity index (χ1n) is 8.48. The van der Waals surface area contributed by atoms with Crippen molar-refractivity contribution in [1.82, 2.24) is 0 Å². The van der Waals surface area contributed by atoms with Crippen molar-refractivity contribution in [3.63, 3.8) is 0 Å². The van der Waals surface area contributed by atoms with E-state index in [1.165, 1.54) is 41.6 Å². The zero-order valence-corrected chi connectivity index (χ0v) is 13.0. The number of anilines is 2. The van der Waals surface area contributed by atoms with Gasteiger partial charge in [-0.05, 0) is 71.3 Å². The number of rotatable bonds is 2. The summed E-state index contributed by atoms with van der Waals surface area (Å²) in [7, 11) is 0. The smallest absolute Gasteiger partial charge is 0.0390 e. The van der Waals surface area contributed by atoms with Crippen molar-refractivity contribution in [2.45, 2.75) is 25.2 Å². The number of para-hydroxylation sites is 1. The molecule has 3 aromatic rings. The summed E-state index contributed by atoms with van der Waals surface area (Å²) in [5.41, 5.74) is 9.88. The molecule has 1 nitrogen and oxygen atoms in total. The lowest BCUT2D eigenvalue weighted by molar-refractivity contribution is 0.627. The lowest BCUT2D eigenvalue weighted by Crippen LogP contribution is -2.07.